The van der Waals surface area contributed by atoms with Gasteiger partial charge in [0.05, 0.1) is 60.2 Å². The Morgan fingerprint density at radius 2 is 1.61 bits per heavy atom. The van der Waals surface area contributed by atoms with Crippen LogP contribution in [-0.4, -0.2) is 66.0 Å². The Morgan fingerprint density at radius 3 is 2.26 bits per heavy atom. The Balaban J connectivity index is 0.000000186. The van der Waals surface area contributed by atoms with Gasteiger partial charge < -0.3 is 30.7 Å². The van der Waals surface area contributed by atoms with Crippen LogP contribution in [0.3, 0.4) is 0 Å². The molecule has 0 unspecified atom stereocenters. The van der Waals surface area contributed by atoms with Crippen LogP contribution < -0.4 is 21.3 Å². The van der Waals surface area contributed by atoms with Gasteiger partial charge in [0.25, 0.3) is 11.8 Å². The molecule has 5 aromatic rings. The van der Waals surface area contributed by atoms with E-state index in [1.54, 1.807) is 47.3 Å². The minimum Gasteiger partial charge on any atom is -0.371 e. The van der Waals surface area contributed by atoms with E-state index in [0.717, 1.165) is 24.3 Å². The van der Waals surface area contributed by atoms with Crippen LogP contribution in [-0.2, 0) is 9.47 Å². The van der Waals surface area contributed by atoms with E-state index in [1.165, 1.54) is 30.5 Å². The van der Waals surface area contributed by atoms with E-state index in [-0.39, 0.29) is 40.2 Å². The highest BCUT2D eigenvalue weighted by Crippen LogP contribution is 2.29. The first kappa shape index (κ1) is 38.0. The van der Waals surface area contributed by atoms with Gasteiger partial charge in [0.1, 0.15) is 23.3 Å². The number of carbonyl (C=O) groups excluding carboxylic acids is 2. The smallest absolute Gasteiger partial charge is 0.274 e. The van der Waals surface area contributed by atoms with Crippen molar-refractivity contribution in [1.29, 1.82) is 10.5 Å². The molecule has 4 N–H and O–H groups in total. The summed E-state index contributed by atoms with van der Waals surface area (Å²) >= 11 is 12.3. The summed E-state index contributed by atoms with van der Waals surface area (Å²) in [7, 11) is 0. The summed E-state index contributed by atoms with van der Waals surface area (Å²) in [4.78, 5) is 28.7. The standard InChI is InChI=1S/C21H18ClN5O2.C17H14ClFN4O2/c22-19-9-16(3-6-18(19)20-12-24-7-8-29-20)26-21(28)15-11-25-27(13-15)17-4-1-14(10-23)2-5-17;18-11-6-12(8-20)22-15(7-11)17(24)23-14-2-1-10(5-13(14)19)16-9-21-3-4-25-16/h1-6,9,11,13,20,24H,7-8,12H2,(H,26,28);1-2,5-7,16,21H,3-4,9H2,(H,23,24)/t20-;16-/m11/s1. The fourth-order valence-corrected chi connectivity index (χ4v) is 6.08. The van der Waals surface area contributed by atoms with Crippen molar-refractivity contribution in [3.8, 4) is 17.8 Å². The Morgan fingerprint density at radius 1 is 0.870 bits per heavy atom. The number of nitrogens with zero attached hydrogens (tertiary/aromatic N) is 5. The summed E-state index contributed by atoms with van der Waals surface area (Å²) in [5.74, 6) is -1.52. The monoisotopic (exact) mass is 767 g/mol. The molecule has 13 nitrogen and oxygen atoms in total. The third-order valence-corrected chi connectivity index (χ3v) is 8.86. The highest BCUT2D eigenvalue weighted by atomic mass is 35.5. The predicted molar refractivity (Wildman–Crippen MR) is 199 cm³/mol. The number of morpholine rings is 2. The number of amides is 2. The molecule has 2 saturated heterocycles. The lowest BCUT2D eigenvalue weighted by atomic mass is 10.1. The largest absolute Gasteiger partial charge is 0.371 e. The lowest BCUT2D eigenvalue weighted by Crippen LogP contribution is -2.33. The zero-order valence-corrected chi connectivity index (χ0v) is 30.0. The molecule has 2 aromatic heterocycles. The summed E-state index contributed by atoms with van der Waals surface area (Å²) in [6.45, 7) is 4.12. The molecule has 54 heavy (non-hydrogen) atoms. The normalized spacial score (nSPS) is 16.5. The second-order valence-corrected chi connectivity index (χ2v) is 12.9. The van der Waals surface area contributed by atoms with Crippen molar-refractivity contribution in [3.05, 3.63) is 135 Å². The van der Waals surface area contributed by atoms with Crippen molar-refractivity contribution < 1.29 is 23.5 Å². The van der Waals surface area contributed by atoms with Crippen molar-refractivity contribution in [1.82, 2.24) is 25.4 Å². The molecule has 0 saturated carbocycles. The molecule has 0 radical (unpaired) electrons. The van der Waals surface area contributed by atoms with Gasteiger partial charge in [-0.2, -0.15) is 15.6 Å². The minimum atomic E-state index is -0.652. The molecule has 16 heteroatoms. The molecule has 274 valence electrons. The van der Waals surface area contributed by atoms with Crippen LogP contribution in [0.15, 0.2) is 85.2 Å². The Bertz CT molecular complexity index is 2230. The lowest BCUT2D eigenvalue weighted by Gasteiger charge is -2.25. The number of carbonyl (C=O) groups is 2. The molecular weight excluding hydrogens is 736 g/mol. The maximum Gasteiger partial charge on any atom is 0.274 e. The van der Waals surface area contributed by atoms with Crippen molar-refractivity contribution in [2.45, 2.75) is 12.2 Å². The third kappa shape index (κ3) is 9.63. The van der Waals surface area contributed by atoms with E-state index >= 15 is 0 Å². The molecule has 4 heterocycles. The van der Waals surface area contributed by atoms with Gasteiger partial charge in [-0.25, -0.2) is 14.1 Å². The number of aromatic nitrogens is 3. The second-order valence-electron chi connectivity index (χ2n) is 12.0. The van der Waals surface area contributed by atoms with Gasteiger partial charge in [-0.05, 0) is 66.2 Å². The van der Waals surface area contributed by atoms with Gasteiger partial charge >= 0.3 is 0 Å². The number of rotatable bonds is 7. The Labute approximate surface area is 319 Å². The minimum absolute atomic E-state index is 0.00965. The first-order valence-electron chi connectivity index (χ1n) is 16.7. The Kier molecular flexibility index (Phi) is 12.6. The molecule has 0 bridgehead atoms. The number of benzene rings is 3. The maximum atomic E-state index is 14.3. The van der Waals surface area contributed by atoms with Crippen molar-refractivity contribution in [2.24, 2.45) is 0 Å². The molecule has 2 atom stereocenters. The first-order valence-corrected chi connectivity index (χ1v) is 17.5. The van der Waals surface area contributed by atoms with Gasteiger partial charge in [0.2, 0.25) is 0 Å². The van der Waals surface area contributed by atoms with Crippen molar-refractivity contribution in [3.63, 3.8) is 0 Å². The van der Waals surface area contributed by atoms with Gasteiger partial charge in [-0.1, -0.05) is 35.3 Å². The average Bonchev–Trinajstić information content (AvgIpc) is 3.70. The van der Waals surface area contributed by atoms with Gasteiger partial charge in [0, 0.05) is 53.7 Å². The van der Waals surface area contributed by atoms with Crippen LogP contribution in [0.5, 0.6) is 0 Å². The second kappa shape index (κ2) is 17.9. The number of anilines is 2. The van der Waals surface area contributed by atoms with Crippen LogP contribution in [0.25, 0.3) is 5.69 Å². The van der Waals surface area contributed by atoms with E-state index in [9.17, 15) is 14.0 Å². The number of hydrogen-bond acceptors (Lipinski definition) is 10. The molecule has 3 aromatic carbocycles. The zero-order chi connectivity index (χ0) is 38.0. The number of pyridine rings is 1. The van der Waals surface area contributed by atoms with E-state index < -0.39 is 11.7 Å². The first-order chi connectivity index (χ1) is 26.2. The highest BCUT2D eigenvalue weighted by molar-refractivity contribution is 6.32. The molecule has 0 aliphatic carbocycles. The van der Waals surface area contributed by atoms with Crippen LogP contribution in [0.2, 0.25) is 10.0 Å². The SMILES string of the molecule is N#Cc1cc(Cl)cc(C(=O)Nc2ccc([C@H]3CNCCO3)cc2F)n1.N#Cc1ccc(-n2cc(C(=O)Nc3ccc([C@H]4CNCCO4)c(Cl)c3)cn2)cc1. The van der Waals surface area contributed by atoms with E-state index in [1.807, 2.05) is 18.2 Å². The molecule has 2 aliphatic rings. The van der Waals surface area contributed by atoms with Gasteiger partial charge in [-0.15, -0.1) is 0 Å². The number of hydrogen-bond donors (Lipinski definition) is 4. The van der Waals surface area contributed by atoms with Crippen LogP contribution >= 0.6 is 23.2 Å². The molecular formula is C38H32Cl2FN9O4. The molecule has 7 rings (SSSR count). The van der Waals surface area contributed by atoms with Crippen molar-refractivity contribution in [2.75, 3.05) is 50.0 Å². The van der Waals surface area contributed by atoms with Gasteiger partial charge in [-0.3, -0.25) is 9.59 Å². The topological polar surface area (TPSA) is 179 Å². The Hall–Kier alpha value is -5.71. The number of ether oxygens (including phenoxy) is 2. The van der Waals surface area contributed by atoms with Crippen LogP contribution in [0, 0.1) is 28.5 Å². The molecule has 0 spiro atoms. The fraction of sp³-hybridized carbons (Fsp3) is 0.211. The number of halogens is 3. The quantitative estimate of drug-likeness (QED) is 0.154. The van der Waals surface area contributed by atoms with E-state index in [0.29, 0.717) is 53.7 Å². The fourth-order valence-electron chi connectivity index (χ4n) is 5.57. The predicted octanol–water partition coefficient (Wildman–Crippen LogP) is 5.97. The zero-order valence-electron chi connectivity index (χ0n) is 28.5. The summed E-state index contributed by atoms with van der Waals surface area (Å²) in [5.41, 5.74) is 3.87. The summed E-state index contributed by atoms with van der Waals surface area (Å²) in [6, 6.07) is 23.4. The third-order valence-electron chi connectivity index (χ3n) is 8.32. The molecule has 2 fully saturated rings. The summed E-state index contributed by atoms with van der Waals surface area (Å²) in [6.07, 6.45) is 2.81. The lowest BCUT2D eigenvalue weighted by molar-refractivity contribution is 0.0275. The number of nitriles is 2. The van der Waals surface area contributed by atoms with Crippen LogP contribution in [0.4, 0.5) is 15.8 Å². The summed E-state index contributed by atoms with van der Waals surface area (Å²) < 4.78 is 27.2. The molecule has 2 amide bonds. The van der Waals surface area contributed by atoms with Gasteiger partial charge in [0.15, 0.2) is 0 Å². The van der Waals surface area contributed by atoms with Crippen LogP contribution in [0.1, 0.15) is 55.4 Å². The van der Waals surface area contributed by atoms with Crippen molar-refractivity contribution >= 4 is 46.4 Å². The van der Waals surface area contributed by atoms with E-state index in [2.05, 4.69) is 37.4 Å². The average molecular weight is 769 g/mol. The highest BCUT2D eigenvalue weighted by Gasteiger charge is 2.20. The summed E-state index contributed by atoms with van der Waals surface area (Å²) in [5, 5.41) is 34.4. The maximum absolute atomic E-state index is 14.3. The molecule has 2 aliphatic heterocycles. The number of nitrogens with one attached hydrogen (secondary N) is 4. The van der Waals surface area contributed by atoms with E-state index in [4.69, 9.17) is 43.2 Å².